The molecule has 0 aliphatic heterocycles. The summed E-state index contributed by atoms with van der Waals surface area (Å²) in [6.45, 7) is 4.89. The summed E-state index contributed by atoms with van der Waals surface area (Å²) in [4.78, 5) is 13.0. The van der Waals surface area contributed by atoms with Crippen molar-refractivity contribution in [3.05, 3.63) is 29.8 Å². The highest BCUT2D eigenvalue weighted by Crippen LogP contribution is 2.26. The Labute approximate surface area is 114 Å². The van der Waals surface area contributed by atoms with E-state index in [-0.39, 0.29) is 6.42 Å². The third-order valence-corrected chi connectivity index (χ3v) is 3.40. The first-order chi connectivity index (χ1) is 9.19. The van der Waals surface area contributed by atoms with Crippen LogP contribution in [0.4, 0.5) is 0 Å². The van der Waals surface area contributed by atoms with Crippen LogP contribution in [0.1, 0.15) is 25.3 Å². The van der Waals surface area contributed by atoms with Gasteiger partial charge in [-0.2, -0.15) is 0 Å². The van der Waals surface area contributed by atoms with E-state index in [1.54, 1.807) is 0 Å². The van der Waals surface area contributed by atoms with E-state index in [4.69, 9.17) is 9.84 Å². The minimum absolute atomic E-state index is 0.0611. The van der Waals surface area contributed by atoms with Crippen LogP contribution in [0.3, 0.4) is 0 Å². The van der Waals surface area contributed by atoms with E-state index in [1.807, 2.05) is 24.3 Å². The van der Waals surface area contributed by atoms with Crippen molar-refractivity contribution in [1.29, 1.82) is 0 Å². The molecule has 1 aliphatic carbocycles. The van der Waals surface area contributed by atoms with Crippen LogP contribution in [0.5, 0.6) is 5.75 Å². The van der Waals surface area contributed by atoms with Gasteiger partial charge in [0.25, 0.3) is 0 Å². The van der Waals surface area contributed by atoms with Crippen LogP contribution in [-0.4, -0.2) is 41.7 Å². The minimum atomic E-state index is -0.809. The van der Waals surface area contributed by atoms with E-state index in [0.717, 1.165) is 30.4 Å². The molecule has 19 heavy (non-hydrogen) atoms. The quantitative estimate of drug-likeness (QED) is 0.781. The van der Waals surface area contributed by atoms with Gasteiger partial charge in [0.05, 0.1) is 6.42 Å². The van der Waals surface area contributed by atoms with E-state index in [0.29, 0.717) is 6.61 Å². The van der Waals surface area contributed by atoms with Crippen molar-refractivity contribution >= 4 is 5.97 Å². The van der Waals surface area contributed by atoms with Gasteiger partial charge in [-0.05, 0) is 37.1 Å². The topological polar surface area (TPSA) is 49.8 Å². The zero-order chi connectivity index (χ0) is 13.7. The van der Waals surface area contributed by atoms with Crippen molar-refractivity contribution in [2.24, 2.45) is 0 Å². The van der Waals surface area contributed by atoms with E-state index in [9.17, 15) is 4.79 Å². The molecule has 1 saturated carbocycles. The Kier molecular flexibility index (Phi) is 4.80. The summed E-state index contributed by atoms with van der Waals surface area (Å²) >= 11 is 0. The summed E-state index contributed by atoms with van der Waals surface area (Å²) in [7, 11) is 0. The first-order valence-electron chi connectivity index (χ1n) is 6.86. The van der Waals surface area contributed by atoms with E-state index >= 15 is 0 Å². The highest BCUT2D eigenvalue weighted by molar-refractivity contribution is 5.70. The van der Waals surface area contributed by atoms with Gasteiger partial charge in [0.2, 0.25) is 0 Å². The molecule has 0 radical (unpaired) electrons. The zero-order valence-corrected chi connectivity index (χ0v) is 11.3. The molecule has 4 heteroatoms. The van der Waals surface area contributed by atoms with E-state index in [2.05, 4.69) is 11.8 Å². The van der Waals surface area contributed by atoms with Gasteiger partial charge in [-0.25, -0.2) is 0 Å². The summed E-state index contributed by atoms with van der Waals surface area (Å²) in [6, 6.07) is 8.06. The van der Waals surface area contributed by atoms with E-state index in [1.165, 1.54) is 12.8 Å². The second-order valence-corrected chi connectivity index (χ2v) is 4.92. The molecule has 1 aliphatic rings. The molecule has 0 bridgehead atoms. The molecule has 1 aromatic carbocycles. The maximum absolute atomic E-state index is 10.6. The number of rotatable bonds is 8. The largest absolute Gasteiger partial charge is 0.492 e. The van der Waals surface area contributed by atoms with Crippen molar-refractivity contribution in [2.75, 3.05) is 19.7 Å². The van der Waals surface area contributed by atoms with Gasteiger partial charge in [0.15, 0.2) is 0 Å². The molecule has 2 rings (SSSR count). The smallest absolute Gasteiger partial charge is 0.307 e. The van der Waals surface area contributed by atoms with Gasteiger partial charge in [-0.3, -0.25) is 9.69 Å². The number of carboxylic acid groups (broad SMARTS) is 1. The zero-order valence-electron chi connectivity index (χ0n) is 11.3. The first kappa shape index (κ1) is 13.9. The third-order valence-electron chi connectivity index (χ3n) is 3.40. The fraction of sp³-hybridized carbons (Fsp3) is 0.533. The minimum Gasteiger partial charge on any atom is -0.492 e. The normalized spacial score (nSPS) is 14.6. The molecule has 1 fully saturated rings. The Morgan fingerprint density at radius 1 is 1.37 bits per heavy atom. The molecule has 0 amide bonds. The molecule has 1 aromatic rings. The Morgan fingerprint density at radius 3 is 2.58 bits per heavy atom. The predicted molar refractivity (Wildman–Crippen MR) is 73.5 cm³/mol. The molecule has 104 valence electrons. The summed E-state index contributed by atoms with van der Waals surface area (Å²) in [5.41, 5.74) is 0.799. The first-order valence-corrected chi connectivity index (χ1v) is 6.86. The van der Waals surface area contributed by atoms with Crippen molar-refractivity contribution in [3.8, 4) is 5.75 Å². The van der Waals surface area contributed by atoms with Crippen LogP contribution in [0, 0.1) is 0 Å². The molecule has 4 nitrogen and oxygen atoms in total. The highest BCUT2D eigenvalue weighted by atomic mass is 16.5. The number of benzene rings is 1. The van der Waals surface area contributed by atoms with Gasteiger partial charge in [0, 0.05) is 12.6 Å². The lowest BCUT2D eigenvalue weighted by molar-refractivity contribution is -0.136. The Bertz CT molecular complexity index is 412. The molecule has 0 unspecified atom stereocenters. The molecule has 0 atom stereocenters. The number of nitrogens with zero attached hydrogens (tertiary/aromatic N) is 1. The van der Waals surface area contributed by atoms with Crippen molar-refractivity contribution in [2.45, 2.75) is 32.2 Å². The number of ether oxygens (including phenoxy) is 1. The van der Waals surface area contributed by atoms with Crippen LogP contribution >= 0.6 is 0 Å². The summed E-state index contributed by atoms with van der Waals surface area (Å²) in [5.74, 6) is -0.00215. The van der Waals surface area contributed by atoms with Gasteiger partial charge in [-0.1, -0.05) is 19.1 Å². The van der Waals surface area contributed by atoms with E-state index < -0.39 is 5.97 Å². The molecule has 0 aromatic heterocycles. The standard InChI is InChI=1S/C15H21NO3/c1-2-16(13-5-6-13)9-10-19-14-7-3-12(4-8-14)11-15(17)18/h3-4,7-8,13H,2,5-6,9-11H2,1H3,(H,17,18). The molecular weight excluding hydrogens is 242 g/mol. The lowest BCUT2D eigenvalue weighted by Crippen LogP contribution is -2.30. The Morgan fingerprint density at radius 2 is 2.05 bits per heavy atom. The van der Waals surface area contributed by atoms with Crippen LogP contribution in [0.2, 0.25) is 0 Å². The Hall–Kier alpha value is -1.55. The van der Waals surface area contributed by atoms with Crippen molar-refractivity contribution in [3.63, 3.8) is 0 Å². The second-order valence-electron chi connectivity index (χ2n) is 4.92. The number of likely N-dealkylation sites (N-methyl/N-ethyl adjacent to an activating group) is 1. The molecule has 0 spiro atoms. The van der Waals surface area contributed by atoms with Gasteiger partial charge < -0.3 is 9.84 Å². The second kappa shape index (κ2) is 6.57. The van der Waals surface area contributed by atoms with Crippen LogP contribution in [0.25, 0.3) is 0 Å². The maximum Gasteiger partial charge on any atom is 0.307 e. The van der Waals surface area contributed by atoms with Crippen LogP contribution < -0.4 is 4.74 Å². The molecular formula is C15H21NO3. The van der Waals surface area contributed by atoms with Crippen molar-refractivity contribution in [1.82, 2.24) is 4.90 Å². The highest BCUT2D eigenvalue weighted by Gasteiger charge is 2.27. The summed E-state index contributed by atoms with van der Waals surface area (Å²) in [6.07, 6.45) is 2.70. The lowest BCUT2D eigenvalue weighted by Gasteiger charge is -2.19. The lowest BCUT2D eigenvalue weighted by atomic mass is 10.1. The van der Waals surface area contributed by atoms with Crippen LogP contribution in [0.15, 0.2) is 24.3 Å². The summed E-state index contributed by atoms with van der Waals surface area (Å²) in [5, 5.41) is 8.69. The fourth-order valence-electron chi connectivity index (χ4n) is 2.20. The van der Waals surface area contributed by atoms with Crippen LogP contribution in [-0.2, 0) is 11.2 Å². The fourth-order valence-corrected chi connectivity index (χ4v) is 2.20. The van der Waals surface area contributed by atoms with Gasteiger partial charge in [-0.15, -0.1) is 0 Å². The monoisotopic (exact) mass is 263 g/mol. The SMILES string of the molecule is CCN(CCOc1ccc(CC(=O)O)cc1)C1CC1. The average molecular weight is 263 g/mol. The Balaban J connectivity index is 1.74. The predicted octanol–water partition coefficient (Wildman–Crippen LogP) is 2.18. The average Bonchev–Trinajstić information content (AvgIpc) is 3.20. The summed E-state index contributed by atoms with van der Waals surface area (Å²) < 4.78 is 5.69. The molecule has 1 N–H and O–H groups in total. The number of carboxylic acids is 1. The number of hydrogen-bond acceptors (Lipinski definition) is 3. The third kappa shape index (κ3) is 4.56. The number of aliphatic carboxylic acids is 1. The molecule has 0 heterocycles. The number of hydrogen-bond donors (Lipinski definition) is 1. The maximum atomic E-state index is 10.6. The van der Waals surface area contributed by atoms with Crippen molar-refractivity contribution < 1.29 is 14.6 Å². The number of carbonyl (C=O) groups is 1. The van der Waals surface area contributed by atoms with Gasteiger partial charge >= 0.3 is 5.97 Å². The molecule has 0 saturated heterocycles. The van der Waals surface area contributed by atoms with Gasteiger partial charge in [0.1, 0.15) is 12.4 Å².